The monoisotopic (exact) mass is 368 g/mol. The van der Waals surface area contributed by atoms with Crippen LogP contribution in [-0.4, -0.2) is 49.0 Å². The van der Waals surface area contributed by atoms with Gasteiger partial charge in [-0.15, -0.1) is 0 Å². The predicted octanol–water partition coefficient (Wildman–Crippen LogP) is 3.33. The van der Waals surface area contributed by atoms with Crippen LogP contribution in [0.25, 0.3) is 0 Å². The molecule has 3 unspecified atom stereocenters. The average Bonchev–Trinajstić information content (AvgIpc) is 2.83. The van der Waals surface area contributed by atoms with Gasteiger partial charge in [0.25, 0.3) is 0 Å². The molecule has 24 heavy (non-hydrogen) atoms. The Labute approximate surface area is 133 Å². The van der Waals surface area contributed by atoms with Gasteiger partial charge in [0.15, 0.2) is 0 Å². The van der Waals surface area contributed by atoms with Gasteiger partial charge in [0.1, 0.15) is 6.10 Å². The molecule has 11 heteroatoms. The maximum Gasteiger partial charge on any atom is 0.423 e. The van der Waals surface area contributed by atoms with Gasteiger partial charge < -0.3 is 9.47 Å². The number of carbonyl (C=O) groups excluding carboxylic acids is 1. The minimum atomic E-state index is -5.64. The maximum absolute atomic E-state index is 12.5. The summed E-state index contributed by atoms with van der Waals surface area (Å²) in [6.45, 7) is 1.73. The lowest BCUT2D eigenvalue weighted by Gasteiger charge is -2.37. The van der Waals surface area contributed by atoms with Crippen molar-refractivity contribution in [2.24, 2.45) is 11.3 Å². The lowest BCUT2D eigenvalue weighted by molar-refractivity contribution is -0.343. The Morgan fingerprint density at radius 1 is 1.25 bits per heavy atom. The van der Waals surface area contributed by atoms with Crippen molar-refractivity contribution in [2.75, 3.05) is 13.2 Å². The van der Waals surface area contributed by atoms with Gasteiger partial charge in [-0.1, -0.05) is 13.8 Å². The molecule has 0 spiro atoms. The molecule has 1 N–H and O–H groups in total. The second-order valence-corrected chi connectivity index (χ2v) is 5.87. The van der Waals surface area contributed by atoms with Crippen LogP contribution >= 0.6 is 0 Å². The topological polar surface area (TPSA) is 65.0 Å². The molecule has 0 aliphatic carbocycles. The smallest absolute Gasteiger partial charge is 0.423 e. The van der Waals surface area contributed by atoms with Crippen LogP contribution in [-0.2, 0) is 19.2 Å². The molecule has 1 heterocycles. The van der Waals surface area contributed by atoms with Gasteiger partial charge in [0, 0.05) is 5.41 Å². The van der Waals surface area contributed by atoms with E-state index in [9.17, 15) is 31.1 Å². The quantitative estimate of drug-likeness (QED) is 0.323. The van der Waals surface area contributed by atoms with Crippen LogP contribution in [0.2, 0.25) is 0 Å². The van der Waals surface area contributed by atoms with Crippen molar-refractivity contribution < 1.29 is 50.8 Å². The van der Waals surface area contributed by atoms with E-state index in [0.29, 0.717) is 0 Å². The van der Waals surface area contributed by atoms with E-state index in [2.05, 4.69) is 9.62 Å². The summed E-state index contributed by atoms with van der Waals surface area (Å²) in [7, 11) is 0. The molecule has 0 radical (unpaired) electrons. The summed E-state index contributed by atoms with van der Waals surface area (Å²) in [5, 5.41) is 9.05. The number of cyclic esters (lactones) is 1. The van der Waals surface area contributed by atoms with Gasteiger partial charge in [0.05, 0.1) is 19.1 Å². The Kier molecular flexibility index (Phi) is 6.50. The number of halogens is 6. The molecule has 0 aromatic rings. The standard InChI is InChI=1S/C13H18F6O5/c1-3-11(2,8(24-21)7-4-5-22-9(7)20)6-23-10(12(14,15)16)13(17,18)19/h7-8,10,21H,3-6H2,1-2H3. The first-order valence-electron chi connectivity index (χ1n) is 7.08. The van der Waals surface area contributed by atoms with Gasteiger partial charge in [-0.05, 0) is 12.8 Å². The first-order valence-corrected chi connectivity index (χ1v) is 7.08. The zero-order chi connectivity index (χ0) is 18.8. The van der Waals surface area contributed by atoms with Crippen LogP contribution in [0.4, 0.5) is 26.3 Å². The van der Waals surface area contributed by atoms with E-state index in [1.165, 1.54) is 13.8 Å². The van der Waals surface area contributed by atoms with Gasteiger partial charge in [0.2, 0.25) is 6.10 Å². The third-order valence-electron chi connectivity index (χ3n) is 4.12. The van der Waals surface area contributed by atoms with Crippen LogP contribution in [0.1, 0.15) is 26.7 Å². The molecule has 0 amide bonds. The van der Waals surface area contributed by atoms with Crippen molar-refractivity contribution in [1.82, 2.24) is 0 Å². The second kappa shape index (κ2) is 7.44. The third-order valence-corrected chi connectivity index (χ3v) is 4.12. The summed E-state index contributed by atoms with van der Waals surface area (Å²) >= 11 is 0. The highest BCUT2D eigenvalue weighted by atomic mass is 19.4. The molecule has 1 aliphatic heterocycles. The summed E-state index contributed by atoms with van der Waals surface area (Å²) in [6.07, 6.45) is -16.5. The van der Waals surface area contributed by atoms with Crippen molar-refractivity contribution in [1.29, 1.82) is 0 Å². The Hall–Kier alpha value is -1.07. The Morgan fingerprint density at radius 3 is 2.12 bits per heavy atom. The molecule has 0 bridgehead atoms. The third kappa shape index (κ3) is 4.73. The molecule has 1 rings (SSSR count). The van der Waals surface area contributed by atoms with Crippen molar-refractivity contribution in [2.45, 2.75) is 51.2 Å². The van der Waals surface area contributed by atoms with E-state index in [0.717, 1.165) is 0 Å². The number of hydrogen-bond donors (Lipinski definition) is 1. The molecular formula is C13H18F6O5. The summed E-state index contributed by atoms with van der Waals surface area (Å²) < 4.78 is 84.1. The summed E-state index contributed by atoms with van der Waals surface area (Å²) in [5.74, 6) is -1.74. The Bertz CT molecular complexity index is 424. The minimum Gasteiger partial charge on any atom is -0.465 e. The molecule has 0 aromatic heterocycles. The van der Waals surface area contributed by atoms with Crippen molar-refractivity contribution in [3.63, 3.8) is 0 Å². The van der Waals surface area contributed by atoms with Crippen LogP contribution in [0.5, 0.6) is 0 Å². The van der Waals surface area contributed by atoms with E-state index in [4.69, 9.17) is 9.99 Å². The SMILES string of the molecule is CCC(C)(COC(C(F)(F)F)C(F)(F)F)C(OO)C1CCOC1=O. The van der Waals surface area contributed by atoms with Crippen molar-refractivity contribution in [3.8, 4) is 0 Å². The molecule has 1 saturated heterocycles. The van der Waals surface area contributed by atoms with Crippen LogP contribution in [0.15, 0.2) is 0 Å². The predicted molar refractivity (Wildman–Crippen MR) is 66.8 cm³/mol. The van der Waals surface area contributed by atoms with Crippen LogP contribution in [0.3, 0.4) is 0 Å². The fraction of sp³-hybridized carbons (Fsp3) is 0.923. The number of carbonyl (C=O) groups is 1. The summed E-state index contributed by atoms with van der Waals surface area (Å²) in [6, 6.07) is 0. The lowest BCUT2D eigenvalue weighted by atomic mass is 9.76. The fourth-order valence-electron chi connectivity index (χ4n) is 2.51. The maximum atomic E-state index is 12.5. The van der Waals surface area contributed by atoms with Crippen molar-refractivity contribution >= 4 is 5.97 Å². The van der Waals surface area contributed by atoms with E-state index in [-0.39, 0.29) is 19.4 Å². The second-order valence-electron chi connectivity index (χ2n) is 5.87. The molecule has 1 aliphatic rings. The zero-order valence-electron chi connectivity index (χ0n) is 12.9. The Balaban J connectivity index is 2.95. The highest BCUT2D eigenvalue weighted by Crippen LogP contribution is 2.40. The molecule has 142 valence electrons. The van der Waals surface area contributed by atoms with Gasteiger partial charge in [-0.3, -0.25) is 10.1 Å². The Morgan fingerprint density at radius 2 is 1.79 bits per heavy atom. The number of ether oxygens (including phenoxy) is 2. The normalized spacial score (nSPS) is 23.2. The number of rotatable bonds is 7. The zero-order valence-corrected chi connectivity index (χ0v) is 12.9. The summed E-state index contributed by atoms with van der Waals surface area (Å²) in [4.78, 5) is 15.8. The number of hydrogen-bond acceptors (Lipinski definition) is 5. The lowest BCUT2D eigenvalue weighted by Crippen LogP contribution is -2.49. The molecular weight excluding hydrogens is 350 g/mol. The number of alkyl halides is 6. The highest BCUT2D eigenvalue weighted by Gasteiger charge is 2.59. The van der Waals surface area contributed by atoms with Gasteiger partial charge in [-0.25, -0.2) is 4.89 Å². The van der Waals surface area contributed by atoms with E-state index in [1.807, 2.05) is 0 Å². The average molecular weight is 368 g/mol. The summed E-state index contributed by atoms with van der Waals surface area (Å²) in [5.41, 5.74) is -1.47. The van der Waals surface area contributed by atoms with E-state index in [1.54, 1.807) is 0 Å². The largest absolute Gasteiger partial charge is 0.465 e. The fourth-order valence-corrected chi connectivity index (χ4v) is 2.51. The van der Waals surface area contributed by atoms with Gasteiger partial charge in [-0.2, -0.15) is 26.3 Å². The van der Waals surface area contributed by atoms with Crippen molar-refractivity contribution in [3.05, 3.63) is 0 Å². The number of esters is 1. The molecule has 1 fully saturated rings. The van der Waals surface area contributed by atoms with Gasteiger partial charge >= 0.3 is 18.3 Å². The molecule has 0 saturated carbocycles. The van der Waals surface area contributed by atoms with Crippen LogP contribution < -0.4 is 0 Å². The first-order chi connectivity index (χ1) is 10.9. The van der Waals surface area contributed by atoms with Crippen LogP contribution in [0, 0.1) is 11.3 Å². The molecule has 5 nitrogen and oxygen atoms in total. The first kappa shape index (κ1) is 21.0. The highest BCUT2D eigenvalue weighted by molar-refractivity contribution is 5.75. The minimum absolute atomic E-state index is 0.00948. The molecule has 0 aromatic carbocycles. The van der Waals surface area contributed by atoms with E-state index < -0.39 is 48.5 Å². The van der Waals surface area contributed by atoms with E-state index >= 15 is 0 Å². The molecule has 3 atom stereocenters.